The maximum atomic E-state index is 13.6. The topological polar surface area (TPSA) is 78.6 Å². The number of hydrogen-bond acceptors (Lipinski definition) is 5. The molecule has 1 saturated heterocycles. The fourth-order valence-electron chi connectivity index (χ4n) is 3.86. The molecule has 4 N–H and O–H groups in total. The van der Waals surface area contributed by atoms with Crippen LogP contribution in [0.3, 0.4) is 0 Å². The number of carbonyl (C=O) groups is 1. The van der Waals surface area contributed by atoms with Crippen molar-refractivity contribution in [3.05, 3.63) is 64.9 Å². The van der Waals surface area contributed by atoms with Crippen LogP contribution < -0.4 is 10.5 Å². The van der Waals surface area contributed by atoms with Gasteiger partial charge in [-0.15, -0.1) is 0 Å². The molecule has 3 rings (SSSR count). The van der Waals surface area contributed by atoms with Gasteiger partial charge in [-0.2, -0.15) is 0 Å². The van der Waals surface area contributed by atoms with Gasteiger partial charge in [-0.25, -0.2) is 13.6 Å². The lowest BCUT2D eigenvalue weighted by molar-refractivity contribution is -0.148. The van der Waals surface area contributed by atoms with E-state index in [0.717, 1.165) is 35.7 Å². The zero-order chi connectivity index (χ0) is 27.3. The molecule has 1 fully saturated rings. The van der Waals surface area contributed by atoms with Gasteiger partial charge in [0.05, 0.1) is 0 Å². The Hall–Kier alpha value is -1.71. The standard InChI is InChI=1S/C16H25FN2.C7H8ClNS.C4H7FO2/c1-12-6-5-9-19(12)13(2)10-15(18)11-14-7-3-4-8-16(14)17;1-9-10-7-4-2-3-6(8)5-7;1-4(2,5)3(6)7/h3-4,7-8,12-13,15H,5-6,9-11,18H2,1-2H3;2-5,9H,1H3;1-2H3,(H,6,7)/t12-,13?,15?;;/m1../s1. The summed E-state index contributed by atoms with van der Waals surface area (Å²) in [7, 11) is 1.88. The van der Waals surface area contributed by atoms with Gasteiger partial charge in [0.15, 0.2) is 0 Å². The molecule has 0 spiro atoms. The van der Waals surface area contributed by atoms with Crippen LogP contribution in [0.2, 0.25) is 5.02 Å². The molecule has 1 heterocycles. The summed E-state index contributed by atoms with van der Waals surface area (Å²) in [6.07, 6.45) is 4.12. The van der Waals surface area contributed by atoms with E-state index < -0.39 is 11.6 Å². The van der Waals surface area contributed by atoms with Crippen LogP contribution in [0.15, 0.2) is 53.4 Å². The molecule has 3 atom stereocenters. The summed E-state index contributed by atoms with van der Waals surface area (Å²) in [6.45, 7) is 7.69. The normalized spacial score (nSPS) is 17.3. The molecule has 0 aromatic heterocycles. The van der Waals surface area contributed by atoms with Crippen molar-refractivity contribution in [1.82, 2.24) is 9.62 Å². The molecule has 5 nitrogen and oxygen atoms in total. The number of carboxylic acids is 1. The number of nitrogens with one attached hydrogen (secondary N) is 1. The Kier molecular flexibility index (Phi) is 14.5. The quantitative estimate of drug-likeness (QED) is 0.337. The van der Waals surface area contributed by atoms with E-state index in [9.17, 15) is 13.6 Å². The largest absolute Gasteiger partial charge is 0.479 e. The van der Waals surface area contributed by atoms with Gasteiger partial charge in [0, 0.05) is 28.0 Å². The number of likely N-dealkylation sites (tertiary alicyclic amines) is 1. The average Bonchev–Trinajstić information content (AvgIpc) is 3.22. The highest BCUT2D eigenvalue weighted by atomic mass is 35.5. The van der Waals surface area contributed by atoms with E-state index in [1.54, 1.807) is 18.0 Å². The molecular weight excluding hydrogens is 504 g/mol. The molecule has 0 radical (unpaired) electrons. The number of benzene rings is 2. The number of nitrogens with two attached hydrogens (primary N) is 1. The van der Waals surface area contributed by atoms with E-state index in [2.05, 4.69) is 23.5 Å². The maximum absolute atomic E-state index is 13.6. The molecule has 202 valence electrons. The maximum Gasteiger partial charge on any atom is 0.340 e. The Morgan fingerprint density at radius 2 is 1.94 bits per heavy atom. The summed E-state index contributed by atoms with van der Waals surface area (Å²) in [6, 6.07) is 15.8. The van der Waals surface area contributed by atoms with Crippen molar-refractivity contribution in [1.29, 1.82) is 0 Å². The van der Waals surface area contributed by atoms with Crippen molar-refractivity contribution in [2.24, 2.45) is 5.73 Å². The third-order valence-corrected chi connectivity index (χ3v) is 6.71. The van der Waals surface area contributed by atoms with Gasteiger partial charge >= 0.3 is 5.97 Å². The SMILES string of the molecule is CC(C)(F)C(=O)O.CC(CC(N)Cc1ccccc1F)N1CCC[C@H]1C.CNSc1cccc(Cl)c1. The van der Waals surface area contributed by atoms with Gasteiger partial charge in [0.1, 0.15) is 5.82 Å². The zero-order valence-corrected chi connectivity index (χ0v) is 23.4. The minimum absolute atomic E-state index is 0.0275. The van der Waals surface area contributed by atoms with E-state index in [1.807, 2.05) is 43.4 Å². The van der Waals surface area contributed by atoms with Crippen LogP contribution in [0.4, 0.5) is 8.78 Å². The number of hydrogen-bond donors (Lipinski definition) is 3. The summed E-state index contributed by atoms with van der Waals surface area (Å²) >= 11 is 7.29. The number of aliphatic carboxylic acids is 1. The highest BCUT2D eigenvalue weighted by Gasteiger charge is 2.26. The lowest BCUT2D eigenvalue weighted by atomic mass is 9.99. The first kappa shape index (κ1) is 32.3. The molecule has 2 unspecified atom stereocenters. The predicted molar refractivity (Wildman–Crippen MR) is 147 cm³/mol. The molecule has 1 aliphatic rings. The number of carboxylic acid groups (broad SMARTS) is 1. The second kappa shape index (κ2) is 16.2. The van der Waals surface area contributed by atoms with Crippen LogP contribution in [-0.4, -0.2) is 53.4 Å². The van der Waals surface area contributed by atoms with E-state index in [1.165, 1.54) is 25.5 Å². The van der Waals surface area contributed by atoms with E-state index in [4.69, 9.17) is 22.4 Å². The van der Waals surface area contributed by atoms with Crippen molar-refractivity contribution in [3.8, 4) is 0 Å². The van der Waals surface area contributed by atoms with Crippen LogP contribution in [0.1, 0.15) is 52.5 Å². The predicted octanol–water partition coefficient (Wildman–Crippen LogP) is 6.34. The van der Waals surface area contributed by atoms with Gasteiger partial charge in [-0.05, 0) is 109 Å². The average molecular weight is 544 g/mol. The van der Waals surface area contributed by atoms with Crippen LogP contribution >= 0.6 is 23.5 Å². The summed E-state index contributed by atoms with van der Waals surface area (Å²) < 4.78 is 28.5. The Labute approximate surface area is 223 Å². The van der Waals surface area contributed by atoms with E-state index in [0.29, 0.717) is 18.5 Å². The van der Waals surface area contributed by atoms with Gasteiger partial charge in [-0.3, -0.25) is 9.62 Å². The highest BCUT2D eigenvalue weighted by molar-refractivity contribution is 7.97. The smallest absolute Gasteiger partial charge is 0.340 e. The molecule has 0 bridgehead atoms. The Morgan fingerprint density at radius 3 is 2.44 bits per heavy atom. The van der Waals surface area contributed by atoms with Crippen LogP contribution in [0.25, 0.3) is 0 Å². The second-order valence-corrected chi connectivity index (χ2v) is 10.9. The molecule has 2 aromatic carbocycles. The fourth-order valence-corrected chi connectivity index (χ4v) is 4.69. The van der Waals surface area contributed by atoms with Crippen molar-refractivity contribution in [3.63, 3.8) is 0 Å². The molecule has 36 heavy (non-hydrogen) atoms. The van der Waals surface area contributed by atoms with Gasteiger partial charge in [0.25, 0.3) is 0 Å². The van der Waals surface area contributed by atoms with Crippen LogP contribution in [0, 0.1) is 5.82 Å². The number of nitrogens with zero attached hydrogens (tertiary/aromatic N) is 1. The summed E-state index contributed by atoms with van der Waals surface area (Å²) in [5.74, 6) is -1.56. The van der Waals surface area contributed by atoms with Crippen molar-refractivity contribution >= 4 is 29.5 Å². The third kappa shape index (κ3) is 12.5. The third-order valence-electron chi connectivity index (χ3n) is 5.78. The summed E-state index contributed by atoms with van der Waals surface area (Å²) in [4.78, 5) is 13.3. The fraction of sp³-hybridized carbons (Fsp3) is 0.519. The molecule has 1 aliphatic heterocycles. The van der Waals surface area contributed by atoms with Crippen molar-refractivity contribution in [2.75, 3.05) is 13.6 Å². The monoisotopic (exact) mass is 543 g/mol. The minimum Gasteiger partial charge on any atom is -0.479 e. The molecule has 9 heteroatoms. The van der Waals surface area contributed by atoms with E-state index >= 15 is 0 Å². The van der Waals surface area contributed by atoms with Gasteiger partial charge in [-0.1, -0.05) is 35.9 Å². The lowest BCUT2D eigenvalue weighted by Gasteiger charge is -2.30. The van der Waals surface area contributed by atoms with Crippen molar-refractivity contribution < 1.29 is 18.7 Å². The second-order valence-electron chi connectivity index (χ2n) is 9.41. The highest BCUT2D eigenvalue weighted by Crippen LogP contribution is 2.22. The lowest BCUT2D eigenvalue weighted by Crippen LogP contribution is -2.40. The van der Waals surface area contributed by atoms with Crippen molar-refractivity contribution in [2.45, 2.75) is 82.1 Å². The number of halogens is 3. The molecule has 0 aliphatic carbocycles. The molecule has 0 amide bonds. The number of alkyl halides is 1. The zero-order valence-electron chi connectivity index (χ0n) is 21.8. The summed E-state index contributed by atoms with van der Waals surface area (Å²) in [5, 5.41) is 8.65. The van der Waals surface area contributed by atoms with Gasteiger partial charge in [0.2, 0.25) is 5.67 Å². The van der Waals surface area contributed by atoms with Crippen LogP contribution in [0.5, 0.6) is 0 Å². The van der Waals surface area contributed by atoms with E-state index in [-0.39, 0.29) is 11.9 Å². The Morgan fingerprint density at radius 1 is 1.31 bits per heavy atom. The molecular formula is C27H40ClF2N3O2S. The molecule has 0 saturated carbocycles. The Balaban J connectivity index is 0.000000318. The Bertz CT molecular complexity index is 930. The first-order valence-electron chi connectivity index (χ1n) is 12.1. The first-order valence-corrected chi connectivity index (χ1v) is 13.3. The number of rotatable bonds is 8. The van der Waals surface area contributed by atoms with Gasteiger partial charge < -0.3 is 10.8 Å². The summed E-state index contributed by atoms with van der Waals surface area (Å²) in [5.41, 5.74) is 4.84. The van der Waals surface area contributed by atoms with Crippen LogP contribution in [-0.2, 0) is 11.2 Å². The first-order chi connectivity index (χ1) is 16.8. The minimum atomic E-state index is -2.08. The molecule has 2 aromatic rings.